The highest BCUT2D eigenvalue weighted by Crippen LogP contribution is 2.09. The van der Waals surface area contributed by atoms with Crippen molar-refractivity contribution in [2.24, 2.45) is 0 Å². The van der Waals surface area contributed by atoms with Gasteiger partial charge in [0.2, 0.25) is 5.91 Å². The molecule has 0 aromatic carbocycles. The summed E-state index contributed by atoms with van der Waals surface area (Å²) in [6, 6.07) is 0.384. The molecule has 0 saturated carbocycles. The average Bonchev–Trinajstić information content (AvgIpc) is 2.26. The van der Waals surface area contributed by atoms with E-state index in [9.17, 15) is 4.79 Å². The van der Waals surface area contributed by atoms with Crippen LogP contribution in [0.5, 0.6) is 0 Å². The van der Waals surface area contributed by atoms with Gasteiger partial charge in [0, 0.05) is 37.1 Å². The molecule has 15 heavy (non-hydrogen) atoms. The topological polar surface area (TPSA) is 41.1 Å². The SMILES string of the molecule is CCCCCNC(=O)CC1CSCCN1. The minimum atomic E-state index is 0.200. The molecule has 1 aliphatic rings. The number of hydrogen-bond donors (Lipinski definition) is 2. The van der Waals surface area contributed by atoms with E-state index in [0.29, 0.717) is 12.5 Å². The van der Waals surface area contributed by atoms with Crippen molar-refractivity contribution in [1.29, 1.82) is 0 Å². The van der Waals surface area contributed by atoms with Gasteiger partial charge in [0.25, 0.3) is 0 Å². The van der Waals surface area contributed by atoms with Crippen molar-refractivity contribution in [1.82, 2.24) is 10.6 Å². The summed E-state index contributed by atoms with van der Waals surface area (Å²) in [5.41, 5.74) is 0. The summed E-state index contributed by atoms with van der Waals surface area (Å²) in [6.45, 7) is 4.05. The second-order valence-corrected chi connectivity index (χ2v) is 5.14. The number of amides is 1. The third-order valence-electron chi connectivity index (χ3n) is 2.53. The first-order chi connectivity index (χ1) is 7.33. The van der Waals surface area contributed by atoms with Gasteiger partial charge in [0.15, 0.2) is 0 Å². The number of thioether (sulfide) groups is 1. The Kier molecular flexibility index (Phi) is 6.85. The van der Waals surface area contributed by atoms with Gasteiger partial charge >= 0.3 is 0 Å². The van der Waals surface area contributed by atoms with Gasteiger partial charge < -0.3 is 10.6 Å². The second kappa shape index (κ2) is 7.99. The van der Waals surface area contributed by atoms with Crippen molar-refractivity contribution < 1.29 is 4.79 Å². The first kappa shape index (κ1) is 12.8. The molecule has 0 aromatic heterocycles. The Hall–Kier alpha value is -0.220. The lowest BCUT2D eigenvalue weighted by Crippen LogP contribution is -2.41. The lowest BCUT2D eigenvalue weighted by atomic mass is 10.2. The summed E-state index contributed by atoms with van der Waals surface area (Å²) in [5, 5.41) is 6.35. The van der Waals surface area contributed by atoms with E-state index in [1.54, 1.807) is 0 Å². The van der Waals surface area contributed by atoms with Gasteiger partial charge in [0.1, 0.15) is 0 Å². The Morgan fingerprint density at radius 3 is 3.07 bits per heavy atom. The number of carbonyl (C=O) groups is 1. The zero-order valence-electron chi connectivity index (χ0n) is 9.55. The number of unbranched alkanes of at least 4 members (excludes halogenated alkanes) is 2. The molecular weight excluding hydrogens is 208 g/mol. The molecule has 1 heterocycles. The van der Waals surface area contributed by atoms with Crippen molar-refractivity contribution in [2.75, 3.05) is 24.6 Å². The fourth-order valence-corrected chi connectivity index (χ4v) is 2.60. The molecule has 4 heteroatoms. The quantitative estimate of drug-likeness (QED) is 0.678. The highest BCUT2D eigenvalue weighted by atomic mass is 32.2. The van der Waals surface area contributed by atoms with E-state index >= 15 is 0 Å². The minimum Gasteiger partial charge on any atom is -0.356 e. The minimum absolute atomic E-state index is 0.200. The normalized spacial score (nSPS) is 21.3. The fourth-order valence-electron chi connectivity index (χ4n) is 1.65. The molecule has 0 aromatic rings. The number of carbonyl (C=O) groups excluding carboxylic acids is 1. The predicted molar refractivity (Wildman–Crippen MR) is 66.3 cm³/mol. The Labute approximate surface area is 96.8 Å². The summed E-state index contributed by atoms with van der Waals surface area (Å²) < 4.78 is 0. The van der Waals surface area contributed by atoms with Gasteiger partial charge in [-0.25, -0.2) is 0 Å². The maximum Gasteiger partial charge on any atom is 0.221 e. The first-order valence-electron chi connectivity index (χ1n) is 5.90. The van der Waals surface area contributed by atoms with Crippen LogP contribution in [0, 0.1) is 0 Å². The van der Waals surface area contributed by atoms with Crippen LogP contribution in [0.25, 0.3) is 0 Å². The summed E-state index contributed by atoms with van der Waals surface area (Å²) in [7, 11) is 0. The zero-order valence-corrected chi connectivity index (χ0v) is 10.4. The molecule has 1 atom stereocenters. The molecule has 0 bridgehead atoms. The summed E-state index contributed by atoms with van der Waals surface area (Å²) in [5.74, 6) is 2.45. The monoisotopic (exact) mass is 230 g/mol. The van der Waals surface area contributed by atoms with E-state index in [1.165, 1.54) is 18.6 Å². The molecule has 1 fully saturated rings. The second-order valence-electron chi connectivity index (χ2n) is 3.99. The van der Waals surface area contributed by atoms with E-state index in [2.05, 4.69) is 17.6 Å². The van der Waals surface area contributed by atoms with Crippen LogP contribution in [-0.4, -0.2) is 36.5 Å². The number of hydrogen-bond acceptors (Lipinski definition) is 3. The van der Waals surface area contributed by atoms with Gasteiger partial charge in [-0.1, -0.05) is 19.8 Å². The van der Waals surface area contributed by atoms with E-state index < -0.39 is 0 Å². The van der Waals surface area contributed by atoms with E-state index in [0.717, 1.165) is 25.3 Å². The van der Waals surface area contributed by atoms with E-state index in [1.807, 2.05) is 11.8 Å². The third-order valence-corrected chi connectivity index (χ3v) is 3.66. The van der Waals surface area contributed by atoms with Crippen molar-refractivity contribution >= 4 is 17.7 Å². The maximum atomic E-state index is 11.5. The Balaban J connectivity index is 2.01. The number of nitrogens with one attached hydrogen (secondary N) is 2. The largest absolute Gasteiger partial charge is 0.356 e. The van der Waals surface area contributed by atoms with Crippen LogP contribution in [-0.2, 0) is 4.79 Å². The van der Waals surface area contributed by atoms with Crippen LogP contribution in [0.4, 0.5) is 0 Å². The summed E-state index contributed by atoms with van der Waals surface area (Å²) >= 11 is 1.93. The Bertz CT molecular complexity index is 181. The smallest absolute Gasteiger partial charge is 0.221 e. The predicted octanol–water partition coefficient (Wildman–Crippen LogP) is 1.39. The maximum absolute atomic E-state index is 11.5. The number of rotatable bonds is 6. The molecule has 2 N–H and O–H groups in total. The van der Waals surface area contributed by atoms with Crippen LogP contribution in [0.2, 0.25) is 0 Å². The van der Waals surface area contributed by atoms with Gasteiger partial charge in [-0.3, -0.25) is 4.79 Å². The highest BCUT2D eigenvalue weighted by molar-refractivity contribution is 7.99. The molecule has 0 aliphatic carbocycles. The molecule has 1 saturated heterocycles. The molecule has 1 unspecified atom stereocenters. The zero-order chi connectivity index (χ0) is 10.9. The van der Waals surface area contributed by atoms with Crippen molar-refractivity contribution in [3.8, 4) is 0 Å². The molecule has 88 valence electrons. The molecule has 1 rings (SSSR count). The lowest BCUT2D eigenvalue weighted by Gasteiger charge is -2.22. The standard InChI is InChI=1S/C11H22N2OS/c1-2-3-4-5-13-11(14)8-10-9-15-7-6-12-10/h10,12H,2-9H2,1H3,(H,13,14). The molecule has 0 spiro atoms. The molecule has 0 radical (unpaired) electrons. The van der Waals surface area contributed by atoms with Crippen molar-refractivity contribution in [2.45, 2.75) is 38.6 Å². The lowest BCUT2D eigenvalue weighted by molar-refractivity contribution is -0.121. The Morgan fingerprint density at radius 1 is 1.53 bits per heavy atom. The summed E-state index contributed by atoms with van der Waals surface area (Å²) in [6.07, 6.45) is 4.16. The average molecular weight is 230 g/mol. The van der Waals surface area contributed by atoms with Gasteiger partial charge in [0.05, 0.1) is 0 Å². The van der Waals surface area contributed by atoms with Crippen LogP contribution in [0.3, 0.4) is 0 Å². The Morgan fingerprint density at radius 2 is 2.40 bits per heavy atom. The van der Waals surface area contributed by atoms with Crippen LogP contribution in [0.15, 0.2) is 0 Å². The molecule has 1 aliphatic heterocycles. The molecule has 3 nitrogen and oxygen atoms in total. The van der Waals surface area contributed by atoms with E-state index in [-0.39, 0.29) is 5.91 Å². The van der Waals surface area contributed by atoms with Crippen molar-refractivity contribution in [3.63, 3.8) is 0 Å². The first-order valence-corrected chi connectivity index (χ1v) is 7.06. The van der Waals surface area contributed by atoms with Gasteiger partial charge in [-0.15, -0.1) is 0 Å². The van der Waals surface area contributed by atoms with Gasteiger partial charge in [-0.2, -0.15) is 11.8 Å². The van der Waals surface area contributed by atoms with E-state index in [4.69, 9.17) is 0 Å². The van der Waals surface area contributed by atoms with Crippen LogP contribution >= 0.6 is 11.8 Å². The van der Waals surface area contributed by atoms with Gasteiger partial charge in [-0.05, 0) is 6.42 Å². The summed E-state index contributed by atoms with van der Waals surface area (Å²) in [4.78, 5) is 11.5. The fraction of sp³-hybridized carbons (Fsp3) is 0.909. The molecular formula is C11H22N2OS. The van der Waals surface area contributed by atoms with Crippen LogP contribution < -0.4 is 10.6 Å². The highest BCUT2D eigenvalue weighted by Gasteiger charge is 2.15. The van der Waals surface area contributed by atoms with Crippen molar-refractivity contribution in [3.05, 3.63) is 0 Å². The third kappa shape index (κ3) is 6.05. The molecule has 1 amide bonds. The van der Waals surface area contributed by atoms with Crippen LogP contribution in [0.1, 0.15) is 32.6 Å².